The van der Waals surface area contributed by atoms with Crippen LogP contribution in [-0.4, -0.2) is 21.9 Å². The minimum Gasteiger partial charge on any atom is -0.298 e. The topological polar surface area (TPSA) is 113 Å². The van der Waals surface area contributed by atoms with Gasteiger partial charge in [0.25, 0.3) is 17.5 Å². The second-order valence-corrected chi connectivity index (χ2v) is 6.11. The molecule has 0 fully saturated rings. The molecule has 0 aliphatic carbocycles. The van der Waals surface area contributed by atoms with Crippen molar-refractivity contribution >= 4 is 58.0 Å². The first-order chi connectivity index (χ1) is 12.3. The molecule has 0 radical (unpaired) electrons. The number of nitrogens with one attached hydrogen (secondary N) is 3. The summed E-state index contributed by atoms with van der Waals surface area (Å²) in [5.74, 6) is -1.26. The fraction of sp³-hybridized carbons (Fsp3) is 0. The SMILES string of the molecule is O=C(NNC(=S)NC(=O)c1cc(Cl)cc(Cl)c1)c1cccc([N+](=O)[O-])c1. The van der Waals surface area contributed by atoms with Crippen molar-refractivity contribution in [3.05, 3.63) is 73.8 Å². The Labute approximate surface area is 162 Å². The van der Waals surface area contributed by atoms with E-state index in [2.05, 4.69) is 16.2 Å². The maximum Gasteiger partial charge on any atom is 0.270 e. The number of thiocarbonyl (C=S) groups is 1. The van der Waals surface area contributed by atoms with Crippen molar-refractivity contribution in [1.29, 1.82) is 0 Å². The molecule has 0 aliphatic rings. The number of amides is 2. The number of benzene rings is 2. The molecule has 0 bridgehead atoms. The number of carbonyl (C=O) groups is 2. The van der Waals surface area contributed by atoms with Crippen molar-refractivity contribution in [2.45, 2.75) is 0 Å². The number of non-ortho nitro benzene ring substituents is 1. The Bertz CT molecular complexity index is 887. The number of nitrogens with zero attached hydrogens (tertiary/aromatic N) is 1. The standard InChI is InChI=1S/C15H10Cl2N4O4S/c16-10-4-9(5-11(17)7-10)13(22)18-15(26)20-19-14(23)8-2-1-3-12(6-8)21(24)25/h1-7H,(H,19,23)(H2,18,20,22,26). The molecule has 0 saturated heterocycles. The van der Waals surface area contributed by atoms with E-state index in [1.807, 2.05) is 0 Å². The highest BCUT2D eigenvalue weighted by atomic mass is 35.5. The van der Waals surface area contributed by atoms with Crippen molar-refractivity contribution in [1.82, 2.24) is 16.2 Å². The summed E-state index contributed by atoms with van der Waals surface area (Å²) in [6.07, 6.45) is 0. The summed E-state index contributed by atoms with van der Waals surface area (Å²) in [4.78, 5) is 34.1. The van der Waals surface area contributed by atoms with Gasteiger partial charge in [0.1, 0.15) is 0 Å². The van der Waals surface area contributed by atoms with Crippen LogP contribution in [0.25, 0.3) is 0 Å². The van der Waals surface area contributed by atoms with Crippen LogP contribution in [0.4, 0.5) is 5.69 Å². The van der Waals surface area contributed by atoms with Crippen molar-refractivity contribution in [2.24, 2.45) is 0 Å². The molecule has 0 saturated carbocycles. The molecule has 0 spiro atoms. The number of halogens is 2. The zero-order valence-electron chi connectivity index (χ0n) is 12.8. The van der Waals surface area contributed by atoms with Crippen LogP contribution < -0.4 is 16.2 Å². The summed E-state index contributed by atoms with van der Waals surface area (Å²) in [7, 11) is 0. The lowest BCUT2D eigenvalue weighted by atomic mass is 10.2. The zero-order chi connectivity index (χ0) is 19.3. The predicted molar refractivity (Wildman–Crippen MR) is 100 cm³/mol. The van der Waals surface area contributed by atoms with Gasteiger partial charge in [0.15, 0.2) is 5.11 Å². The predicted octanol–water partition coefficient (Wildman–Crippen LogP) is 2.85. The van der Waals surface area contributed by atoms with Gasteiger partial charge >= 0.3 is 0 Å². The Morgan fingerprint density at radius 2 is 1.62 bits per heavy atom. The Morgan fingerprint density at radius 3 is 2.23 bits per heavy atom. The van der Waals surface area contributed by atoms with E-state index in [0.717, 1.165) is 6.07 Å². The molecule has 2 aromatic carbocycles. The van der Waals surface area contributed by atoms with E-state index < -0.39 is 16.7 Å². The molecular weight excluding hydrogens is 403 g/mol. The van der Waals surface area contributed by atoms with Gasteiger partial charge in [-0.15, -0.1) is 0 Å². The molecule has 8 nitrogen and oxygen atoms in total. The normalized spacial score (nSPS) is 9.92. The van der Waals surface area contributed by atoms with E-state index in [9.17, 15) is 19.7 Å². The number of nitro groups is 1. The quantitative estimate of drug-likeness (QED) is 0.405. The number of carbonyl (C=O) groups excluding carboxylic acids is 2. The van der Waals surface area contributed by atoms with Crippen LogP contribution in [0.15, 0.2) is 42.5 Å². The van der Waals surface area contributed by atoms with Crippen LogP contribution in [0.1, 0.15) is 20.7 Å². The summed E-state index contributed by atoms with van der Waals surface area (Å²) in [6.45, 7) is 0. The van der Waals surface area contributed by atoms with E-state index in [1.54, 1.807) is 0 Å². The number of rotatable bonds is 3. The molecule has 2 amide bonds. The first-order valence-corrected chi connectivity index (χ1v) is 8.05. The van der Waals surface area contributed by atoms with Gasteiger partial charge in [0.05, 0.1) is 4.92 Å². The molecule has 26 heavy (non-hydrogen) atoms. The number of hydrogen-bond acceptors (Lipinski definition) is 5. The van der Waals surface area contributed by atoms with Crippen LogP contribution in [-0.2, 0) is 0 Å². The monoisotopic (exact) mass is 412 g/mol. The summed E-state index contributed by atoms with van der Waals surface area (Å²) < 4.78 is 0. The molecule has 0 aliphatic heterocycles. The fourth-order valence-electron chi connectivity index (χ4n) is 1.84. The van der Waals surface area contributed by atoms with E-state index >= 15 is 0 Å². The molecular formula is C15H10Cl2N4O4S. The summed E-state index contributed by atoms with van der Waals surface area (Å²) in [5.41, 5.74) is 4.54. The average molecular weight is 413 g/mol. The minimum absolute atomic E-state index is 0.0439. The lowest BCUT2D eigenvalue weighted by molar-refractivity contribution is -0.384. The third-order valence-corrected chi connectivity index (χ3v) is 3.60. The van der Waals surface area contributed by atoms with Crippen LogP contribution >= 0.6 is 35.4 Å². The van der Waals surface area contributed by atoms with Gasteiger partial charge in [-0.05, 0) is 36.5 Å². The van der Waals surface area contributed by atoms with Gasteiger partial charge in [0.2, 0.25) is 0 Å². The van der Waals surface area contributed by atoms with Gasteiger partial charge in [-0.1, -0.05) is 29.3 Å². The summed E-state index contributed by atoms with van der Waals surface area (Å²) >= 11 is 16.5. The molecule has 2 rings (SSSR count). The Hall–Kier alpha value is -2.75. The van der Waals surface area contributed by atoms with E-state index in [1.165, 1.54) is 36.4 Å². The zero-order valence-corrected chi connectivity index (χ0v) is 15.1. The maximum atomic E-state index is 12.1. The molecule has 134 valence electrons. The number of hydrogen-bond donors (Lipinski definition) is 3. The first-order valence-electron chi connectivity index (χ1n) is 6.88. The van der Waals surface area contributed by atoms with Gasteiger partial charge in [-0.2, -0.15) is 0 Å². The van der Waals surface area contributed by atoms with Crippen molar-refractivity contribution < 1.29 is 14.5 Å². The minimum atomic E-state index is -0.670. The summed E-state index contributed by atoms with van der Waals surface area (Å²) in [5, 5.41) is 13.4. The van der Waals surface area contributed by atoms with Crippen molar-refractivity contribution in [3.63, 3.8) is 0 Å². The van der Waals surface area contributed by atoms with Gasteiger partial charge in [-0.25, -0.2) is 0 Å². The van der Waals surface area contributed by atoms with E-state index in [-0.39, 0.29) is 32.0 Å². The molecule has 2 aromatic rings. The van der Waals surface area contributed by atoms with E-state index in [4.69, 9.17) is 35.4 Å². The highest BCUT2D eigenvalue weighted by molar-refractivity contribution is 7.80. The lowest BCUT2D eigenvalue weighted by Crippen LogP contribution is -2.48. The molecule has 0 atom stereocenters. The molecule has 0 unspecified atom stereocenters. The molecule has 0 aromatic heterocycles. The Balaban J connectivity index is 1.94. The summed E-state index contributed by atoms with van der Waals surface area (Å²) in [6, 6.07) is 9.38. The molecule has 3 N–H and O–H groups in total. The number of nitro benzene ring substituents is 1. The van der Waals surface area contributed by atoms with Crippen LogP contribution in [0.5, 0.6) is 0 Å². The second kappa shape index (κ2) is 8.56. The number of hydrazine groups is 1. The Morgan fingerprint density at radius 1 is 0.962 bits per heavy atom. The van der Waals surface area contributed by atoms with Gasteiger partial charge in [0, 0.05) is 33.3 Å². The van der Waals surface area contributed by atoms with Gasteiger partial charge in [-0.3, -0.25) is 35.9 Å². The molecule has 11 heteroatoms. The smallest absolute Gasteiger partial charge is 0.270 e. The van der Waals surface area contributed by atoms with Crippen LogP contribution in [0.2, 0.25) is 10.0 Å². The maximum absolute atomic E-state index is 12.1. The Kier molecular flexibility index (Phi) is 6.45. The van der Waals surface area contributed by atoms with Crippen molar-refractivity contribution in [3.8, 4) is 0 Å². The highest BCUT2D eigenvalue weighted by Crippen LogP contribution is 2.18. The average Bonchev–Trinajstić information content (AvgIpc) is 2.58. The van der Waals surface area contributed by atoms with Crippen LogP contribution in [0, 0.1) is 10.1 Å². The second-order valence-electron chi connectivity index (χ2n) is 4.83. The lowest BCUT2D eigenvalue weighted by Gasteiger charge is -2.11. The van der Waals surface area contributed by atoms with E-state index in [0.29, 0.717) is 0 Å². The van der Waals surface area contributed by atoms with Crippen molar-refractivity contribution in [2.75, 3.05) is 0 Å². The molecule has 0 heterocycles. The third kappa shape index (κ3) is 5.38. The largest absolute Gasteiger partial charge is 0.298 e. The fourth-order valence-corrected chi connectivity index (χ4v) is 2.51. The van der Waals surface area contributed by atoms with Gasteiger partial charge < -0.3 is 0 Å². The first kappa shape index (κ1) is 19.6. The van der Waals surface area contributed by atoms with Crippen LogP contribution in [0.3, 0.4) is 0 Å². The highest BCUT2D eigenvalue weighted by Gasteiger charge is 2.13. The third-order valence-electron chi connectivity index (χ3n) is 2.96.